The van der Waals surface area contributed by atoms with Gasteiger partial charge in [0.25, 0.3) is 0 Å². The number of nitrogen functional groups attached to an aromatic ring is 1. The van der Waals surface area contributed by atoms with E-state index in [1.165, 1.54) is 51.3 Å². The molecule has 2 N–H and O–H groups in total. The van der Waals surface area contributed by atoms with Gasteiger partial charge in [0.1, 0.15) is 18.2 Å². The number of rotatable bonds is 7. The van der Waals surface area contributed by atoms with Gasteiger partial charge in [0.15, 0.2) is 5.82 Å². The maximum atomic E-state index is 12.9. The molecule has 2 heterocycles. The molecule has 27 heavy (non-hydrogen) atoms. The first kappa shape index (κ1) is 19.9. The second-order valence-corrected chi connectivity index (χ2v) is 9.42. The average molecular weight is 416 g/mol. The van der Waals surface area contributed by atoms with E-state index in [-0.39, 0.29) is 18.3 Å². The van der Waals surface area contributed by atoms with Crippen molar-refractivity contribution in [1.82, 2.24) is 19.2 Å². The summed E-state index contributed by atoms with van der Waals surface area (Å²) in [5, 5.41) is 8.65. The summed E-state index contributed by atoms with van der Waals surface area (Å²) in [7, 11) is -3.16. The number of benzene rings is 1. The van der Waals surface area contributed by atoms with Gasteiger partial charge in [-0.3, -0.25) is 0 Å². The Morgan fingerprint density at radius 2 is 2.07 bits per heavy atom. The summed E-state index contributed by atoms with van der Waals surface area (Å²) >= 11 is 1.45. The number of sulfonamides is 1. The van der Waals surface area contributed by atoms with Gasteiger partial charge in [-0.25, -0.2) is 21.8 Å². The fourth-order valence-electron chi connectivity index (χ4n) is 2.84. The SMILES string of the molecule is CS(=O)(=O)N1CCCC(CSc2nnc(COc3ccc(F)cc3)n2N)C1. The third-order valence-corrected chi connectivity index (χ3v) is 6.76. The Balaban J connectivity index is 1.53. The highest BCUT2D eigenvalue weighted by Crippen LogP contribution is 2.25. The fourth-order valence-corrected chi connectivity index (χ4v) is 4.78. The molecule has 0 aliphatic carbocycles. The Kier molecular flexibility index (Phi) is 6.22. The number of thioether (sulfide) groups is 1. The van der Waals surface area contributed by atoms with Crippen LogP contribution in [-0.2, 0) is 16.6 Å². The minimum Gasteiger partial charge on any atom is -0.486 e. The number of ether oxygens (including phenoxy) is 1. The summed E-state index contributed by atoms with van der Waals surface area (Å²) in [5.74, 6) is 7.61. The van der Waals surface area contributed by atoms with E-state index >= 15 is 0 Å². The maximum Gasteiger partial charge on any atom is 0.211 e. The van der Waals surface area contributed by atoms with Gasteiger partial charge >= 0.3 is 0 Å². The zero-order valence-electron chi connectivity index (χ0n) is 14.9. The normalized spacial score (nSPS) is 18.5. The predicted molar refractivity (Wildman–Crippen MR) is 101 cm³/mol. The van der Waals surface area contributed by atoms with E-state index in [0.29, 0.717) is 35.6 Å². The van der Waals surface area contributed by atoms with Crippen molar-refractivity contribution in [3.63, 3.8) is 0 Å². The zero-order chi connectivity index (χ0) is 19.4. The quantitative estimate of drug-likeness (QED) is 0.539. The van der Waals surface area contributed by atoms with Crippen LogP contribution in [0.4, 0.5) is 4.39 Å². The zero-order valence-corrected chi connectivity index (χ0v) is 16.5. The summed E-state index contributed by atoms with van der Waals surface area (Å²) in [5.41, 5.74) is 0. The smallest absolute Gasteiger partial charge is 0.211 e. The van der Waals surface area contributed by atoms with Gasteiger partial charge in [0.2, 0.25) is 15.2 Å². The number of nitrogens with zero attached hydrogens (tertiary/aromatic N) is 4. The largest absolute Gasteiger partial charge is 0.486 e. The van der Waals surface area contributed by atoms with Gasteiger partial charge in [0.05, 0.1) is 6.26 Å². The van der Waals surface area contributed by atoms with Crippen LogP contribution in [0, 0.1) is 11.7 Å². The molecule has 0 amide bonds. The molecule has 11 heteroatoms. The van der Waals surface area contributed by atoms with Crippen molar-refractivity contribution in [2.75, 3.05) is 30.9 Å². The first-order valence-electron chi connectivity index (χ1n) is 8.48. The molecule has 148 valence electrons. The minimum absolute atomic E-state index is 0.112. The minimum atomic E-state index is -3.16. The molecule has 3 rings (SSSR count). The third-order valence-electron chi connectivity index (χ3n) is 4.32. The summed E-state index contributed by atoms with van der Waals surface area (Å²) in [4.78, 5) is 0. The van der Waals surface area contributed by atoms with Crippen LogP contribution in [0.3, 0.4) is 0 Å². The lowest BCUT2D eigenvalue weighted by Crippen LogP contribution is -2.39. The molecule has 1 unspecified atom stereocenters. The van der Waals surface area contributed by atoms with Gasteiger partial charge in [0, 0.05) is 18.8 Å². The van der Waals surface area contributed by atoms with E-state index in [2.05, 4.69) is 10.2 Å². The molecule has 0 bridgehead atoms. The molecular formula is C16H22FN5O3S2. The number of hydrogen-bond donors (Lipinski definition) is 1. The maximum absolute atomic E-state index is 12.9. The molecule has 8 nitrogen and oxygen atoms in total. The van der Waals surface area contributed by atoms with Crippen molar-refractivity contribution in [2.45, 2.75) is 24.6 Å². The predicted octanol–water partition coefficient (Wildman–Crippen LogP) is 1.47. The van der Waals surface area contributed by atoms with Crippen molar-refractivity contribution in [3.05, 3.63) is 35.9 Å². The van der Waals surface area contributed by atoms with E-state index in [9.17, 15) is 12.8 Å². The summed E-state index contributed by atoms with van der Waals surface area (Å²) < 4.78 is 44.7. The molecule has 1 atom stereocenters. The van der Waals surface area contributed by atoms with Crippen molar-refractivity contribution >= 4 is 21.8 Å². The topological polar surface area (TPSA) is 103 Å². The average Bonchev–Trinajstić information content (AvgIpc) is 2.99. The lowest BCUT2D eigenvalue weighted by atomic mass is 10.0. The van der Waals surface area contributed by atoms with Crippen LogP contribution in [0.15, 0.2) is 29.4 Å². The lowest BCUT2D eigenvalue weighted by molar-refractivity contribution is 0.286. The van der Waals surface area contributed by atoms with Gasteiger partial charge in [-0.05, 0) is 43.0 Å². The van der Waals surface area contributed by atoms with Gasteiger partial charge in [-0.2, -0.15) is 0 Å². The van der Waals surface area contributed by atoms with Crippen molar-refractivity contribution in [2.24, 2.45) is 5.92 Å². The van der Waals surface area contributed by atoms with Crippen molar-refractivity contribution < 1.29 is 17.5 Å². The van der Waals surface area contributed by atoms with Crippen LogP contribution in [0.25, 0.3) is 0 Å². The van der Waals surface area contributed by atoms with E-state index in [1.54, 1.807) is 0 Å². The molecule has 1 aromatic carbocycles. The van der Waals surface area contributed by atoms with E-state index in [4.69, 9.17) is 10.6 Å². The number of hydrogen-bond acceptors (Lipinski definition) is 7. The molecule has 1 aromatic heterocycles. The first-order chi connectivity index (χ1) is 12.8. The number of aromatic nitrogens is 3. The molecule has 1 fully saturated rings. The van der Waals surface area contributed by atoms with Gasteiger partial charge < -0.3 is 10.6 Å². The van der Waals surface area contributed by atoms with Crippen molar-refractivity contribution in [1.29, 1.82) is 0 Å². The Morgan fingerprint density at radius 3 is 2.78 bits per heavy atom. The van der Waals surface area contributed by atoms with E-state index in [1.807, 2.05) is 0 Å². The monoisotopic (exact) mass is 415 g/mol. The van der Waals surface area contributed by atoms with Crippen LogP contribution < -0.4 is 10.6 Å². The number of halogens is 1. The summed E-state index contributed by atoms with van der Waals surface area (Å²) in [6, 6.07) is 5.68. The number of piperidine rings is 1. The third kappa shape index (κ3) is 5.33. The lowest BCUT2D eigenvalue weighted by Gasteiger charge is -2.30. The summed E-state index contributed by atoms with van der Waals surface area (Å²) in [6.07, 6.45) is 3.06. The fraction of sp³-hybridized carbons (Fsp3) is 0.500. The molecule has 1 saturated heterocycles. The van der Waals surface area contributed by atoms with E-state index < -0.39 is 10.0 Å². The van der Waals surface area contributed by atoms with Gasteiger partial charge in [-0.15, -0.1) is 10.2 Å². The standard InChI is InChI=1S/C16H22FN5O3S2/c1-27(23,24)21-8-2-3-12(9-21)11-26-16-20-19-15(22(16)18)10-25-14-6-4-13(17)5-7-14/h4-7,12H,2-3,8-11,18H2,1H3. The molecular weight excluding hydrogens is 393 g/mol. The highest BCUT2D eigenvalue weighted by molar-refractivity contribution is 7.99. The van der Waals surface area contributed by atoms with Crippen LogP contribution in [0.2, 0.25) is 0 Å². The van der Waals surface area contributed by atoms with E-state index in [0.717, 1.165) is 12.8 Å². The van der Waals surface area contributed by atoms with Crippen LogP contribution in [0.5, 0.6) is 5.75 Å². The Labute approximate surface area is 161 Å². The number of nitrogens with two attached hydrogens (primary N) is 1. The Bertz CT molecular complexity index is 873. The molecule has 1 aliphatic heterocycles. The molecule has 0 radical (unpaired) electrons. The second-order valence-electron chi connectivity index (χ2n) is 6.45. The highest BCUT2D eigenvalue weighted by atomic mass is 32.2. The van der Waals surface area contributed by atoms with Crippen LogP contribution in [-0.4, -0.2) is 52.7 Å². The molecule has 0 spiro atoms. The Morgan fingerprint density at radius 1 is 1.33 bits per heavy atom. The molecule has 0 saturated carbocycles. The van der Waals surface area contributed by atoms with Crippen LogP contribution >= 0.6 is 11.8 Å². The second kappa shape index (κ2) is 8.44. The van der Waals surface area contributed by atoms with Crippen molar-refractivity contribution in [3.8, 4) is 5.75 Å². The first-order valence-corrected chi connectivity index (χ1v) is 11.3. The Hall–Kier alpha value is -1.85. The summed E-state index contributed by atoms with van der Waals surface area (Å²) in [6.45, 7) is 1.21. The molecule has 1 aliphatic rings. The van der Waals surface area contributed by atoms with Gasteiger partial charge in [-0.1, -0.05) is 11.8 Å². The highest BCUT2D eigenvalue weighted by Gasteiger charge is 2.26. The molecule has 2 aromatic rings. The van der Waals surface area contributed by atoms with Crippen LogP contribution in [0.1, 0.15) is 18.7 Å².